The van der Waals surface area contributed by atoms with Crippen LogP contribution in [-0.2, 0) is 29.2 Å². The van der Waals surface area contributed by atoms with Gasteiger partial charge in [-0.15, -0.1) is 0 Å². The van der Waals surface area contributed by atoms with Crippen LogP contribution < -0.4 is 10.1 Å². The number of methoxy groups -OCH3 is 2. The van der Waals surface area contributed by atoms with E-state index in [9.17, 15) is 4.79 Å². The van der Waals surface area contributed by atoms with Crippen molar-refractivity contribution >= 4 is 5.91 Å². The van der Waals surface area contributed by atoms with Gasteiger partial charge in [0.15, 0.2) is 0 Å². The monoisotopic (exact) mass is 368 g/mol. The maximum absolute atomic E-state index is 12.5. The molecule has 1 N–H and O–H groups in total. The highest BCUT2D eigenvalue weighted by molar-refractivity contribution is 5.78. The SMILES string of the molecule is COCc1cccc(CNC(=O)CN(Cc2ccc(OC)cc2)C2CC2)c1. The summed E-state index contributed by atoms with van der Waals surface area (Å²) in [6.45, 7) is 2.33. The van der Waals surface area contributed by atoms with E-state index >= 15 is 0 Å². The molecule has 1 aliphatic carbocycles. The summed E-state index contributed by atoms with van der Waals surface area (Å²) in [7, 11) is 3.35. The topological polar surface area (TPSA) is 50.8 Å². The van der Waals surface area contributed by atoms with Gasteiger partial charge in [-0.25, -0.2) is 0 Å². The first-order valence-electron chi connectivity index (χ1n) is 9.38. The predicted octanol–water partition coefficient (Wildman–Crippen LogP) is 3.12. The second-order valence-electron chi connectivity index (χ2n) is 7.01. The van der Waals surface area contributed by atoms with Crippen LogP contribution in [0.4, 0.5) is 0 Å². The average molecular weight is 368 g/mol. The van der Waals surface area contributed by atoms with Crippen LogP contribution in [0.3, 0.4) is 0 Å². The Bertz CT molecular complexity index is 741. The van der Waals surface area contributed by atoms with E-state index in [1.165, 1.54) is 18.4 Å². The molecule has 0 saturated heterocycles. The van der Waals surface area contributed by atoms with Crippen molar-refractivity contribution in [2.24, 2.45) is 0 Å². The summed E-state index contributed by atoms with van der Waals surface area (Å²) in [6, 6.07) is 16.7. The lowest BCUT2D eigenvalue weighted by atomic mass is 10.1. The first-order valence-corrected chi connectivity index (χ1v) is 9.38. The number of benzene rings is 2. The number of nitrogens with zero attached hydrogens (tertiary/aromatic N) is 1. The van der Waals surface area contributed by atoms with E-state index in [1.807, 2.05) is 30.3 Å². The normalized spacial score (nSPS) is 13.6. The molecule has 1 fully saturated rings. The summed E-state index contributed by atoms with van der Waals surface area (Å²) < 4.78 is 10.4. The molecule has 2 aromatic rings. The smallest absolute Gasteiger partial charge is 0.234 e. The number of carbonyl (C=O) groups is 1. The number of amides is 1. The minimum Gasteiger partial charge on any atom is -0.497 e. The molecule has 0 heterocycles. The van der Waals surface area contributed by atoms with Gasteiger partial charge >= 0.3 is 0 Å². The molecular weight excluding hydrogens is 340 g/mol. The second-order valence-corrected chi connectivity index (χ2v) is 7.01. The number of nitrogens with one attached hydrogen (secondary N) is 1. The van der Waals surface area contributed by atoms with Gasteiger partial charge in [0.25, 0.3) is 0 Å². The number of rotatable bonds is 10. The van der Waals surface area contributed by atoms with Gasteiger partial charge in [-0.05, 0) is 41.7 Å². The van der Waals surface area contributed by atoms with Crippen LogP contribution in [0.25, 0.3) is 0 Å². The quantitative estimate of drug-likeness (QED) is 0.700. The number of hydrogen-bond donors (Lipinski definition) is 1. The summed E-state index contributed by atoms with van der Waals surface area (Å²) in [4.78, 5) is 14.7. The molecule has 0 spiro atoms. The molecule has 0 aromatic heterocycles. The van der Waals surface area contributed by atoms with Gasteiger partial charge in [-0.1, -0.05) is 36.4 Å². The standard InChI is InChI=1S/C22H28N2O3/c1-26-16-19-5-3-4-18(12-19)13-23-22(25)15-24(20-8-9-20)14-17-6-10-21(27-2)11-7-17/h3-7,10-12,20H,8-9,13-16H2,1-2H3,(H,23,25). The molecule has 27 heavy (non-hydrogen) atoms. The first-order chi connectivity index (χ1) is 13.2. The highest BCUT2D eigenvalue weighted by Crippen LogP contribution is 2.28. The van der Waals surface area contributed by atoms with E-state index in [0.717, 1.165) is 23.4 Å². The van der Waals surface area contributed by atoms with Gasteiger partial charge in [0.2, 0.25) is 5.91 Å². The zero-order valence-electron chi connectivity index (χ0n) is 16.1. The fourth-order valence-corrected chi connectivity index (χ4v) is 3.16. The molecule has 0 bridgehead atoms. The zero-order valence-corrected chi connectivity index (χ0v) is 16.1. The zero-order chi connectivity index (χ0) is 19.1. The summed E-state index contributed by atoms with van der Waals surface area (Å²) in [6.07, 6.45) is 2.34. The molecule has 1 saturated carbocycles. The molecule has 0 aliphatic heterocycles. The van der Waals surface area contributed by atoms with Gasteiger partial charge in [-0.3, -0.25) is 9.69 Å². The highest BCUT2D eigenvalue weighted by Gasteiger charge is 2.30. The largest absolute Gasteiger partial charge is 0.497 e. The third-order valence-corrected chi connectivity index (χ3v) is 4.75. The lowest BCUT2D eigenvalue weighted by molar-refractivity contribution is -0.122. The number of carbonyl (C=O) groups excluding carboxylic acids is 1. The molecule has 0 atom stereocenters. The van der Waals surface area contributed by atoms with Crippen molar-refractivity contribution in [1.29, 1.82) is 0 Å². The Labute approximate surface area is 161 Å². The summed E-state index contributed by atoms with van der Waals surface area (Å²) in [5.41, 5.74) is 3.40. The van der Waals surface area contributed by atoms with Crippen LogP contribution in [0.2, 0.25) is 0 Å². The van der Waals surface area contributed by atoms with E-state index in [2.05, 4.69) is 28.4 Å². The van der Waals surface area contributed by atoms with Gasteiger partial charge in [-0.2, -0.15) is 0 Å². The number of ether oxygens (including phenoxy) is 2. The van der Waals surface area contributed by atoms with Crippen molar-refractivity contribution in [1.82, 2.24) is 10.2 Å². The lowest BCUT2D eigenvalue weighted by Gasteiger charge is -2.21. The van der Waals surface area contributed by atoms with Crippen LogP contribution in [0.5, 0.6) is 5.75 Å². The predicted molar refractivity (Wildman–Crippen MR) is 105 cm³/mol. The Morgan fingerprint density at radius 1 is 1.07 bits per heavy atom. The molecule has 5 nitrogen and oxygen atoms in total. The Morgan fingerprint density at radius 3 is 2.48 bits per heavy atom. The summed E-state index contributed by atoms with van der Waals surface area (Å²) in [5.74, 6) is 0.915. The average Bonchev–Trinajstić information content (AvgIpc) is 3.52. The molecule has 3 rings (SSSR count). The molecule has 2 aromatic carbocycles. The van der Waals surface area contributed by atoms with E-state index in [4.69, 9.17) is 9.47 Å². The Morgan fingerprint density at radius 2 is 1.81 bits per heavy atom. The van der Waals surface area contributed by atoms with Crippen molar-refractivity contribution in [3.8, 4) is 5.75 Å². The van der Waals surface area contributed by atoms with Crippen LogP contribution in [0.1, 0.15) is 29.5 Å². The highest BCUT2D eigenvalue weighted by atomic mass is 16.5. The minimum atomic E-state index is 0.0626. The van der Waals surface area contributed by atoms with E-state index < -0.39 is 0 Å². The molecule has 1 aliphatic rings. The first kappa shape index (κ1) is 19.4. The van der Waals surface area contributed by atoms with Gasteiger partial charge in [0.1, 0.15) is 5.75 Å². The third kappa shape index (κ3) is 6.08. The van der Waals surface area contributed by atoms with Gasteiger partial charge in [0.05, 0.1) is 20.3 Å². The molecule has 1 amide bonds. The maximum Gasteiger partial charge on any atom is 0.234 e. The van der Waals surface area contributed by atoms with Crippen molar-refractivity contribution < 1.29 is 14.3 Å². The second kappa shape index (κ2) is 9.53. The van der Waals surface area contributed by atoms with Crippen LogP contribution in [0.15, 0.2) is 48.5 Å². The maximum atomic E-state index is 12.5. The molecular formula is C22H28N2O3. The molecule has 0 radical (unpaired) electrons. The van der Waals surface area contributed by atoms with E-state index in [0.29, 0.717) is 25.7 Å². The van der Waals surface area contributed by atoms with Gasteiger partial charge < -0.3 is 14.8 Å². The minimum absolute atomic E-state index is 0.0626. The van der Waals surface area contributed by atoms with Crippen molar-refractivity contribution in [2.45, 2.75) is 38.6 Å². The third-order valence-electron chi connectivity index (χ3n) is 4.75. The fraction of sp³-hybridized carbons (Fsp3) is 0.409. The Hall–Kier alpha value is -2.37. The van der Waals surface area contributed by atoms with E-state index in [1.54, 1.807) is 14.2 Å². The van der Waals surface area contributed by atoms with Crippen LogP contribution in [-0.4, -0.2) is 37.6 Å². The number of hydrogen-bond acceptors (Lipinski definition) is 4. The Balaban J connectivity index is 1.52. The summed E-state index contributed by atoms with van der Waals surface area (Å²) in [5, 5.41) is 3.04. The Kier molecular flexibility index (Phi) is 6.85. The fourth-order valence-electron chi connectivity index (χ4n) is 3.16. The molecule has 5 heteroatoms. The lowest BCUT2D eigenvalue weighted by Crippen LogP contribution is -2.37. The van der Waals surface area contributed by atoms with Crippen molar-refractivity contribution in [3.63, 3.8) is 0 Å². The van der Waals surface area contributed by atoms with Crippen LogP contribution in [0, 0.1) is 0 Å². The van der Waals surface area contributed by atoms with Crippen molar-refractivity contribution in [2.75, 3.05) is 20.8 Å². The molecule has 0 unspecified atom stereocenters. The van der Waals surface area contributed by atoms with Crippen LogP contribution >= 0.6 is 0 Å². The summed E-state index contributed by atoms with van der Waals surface area (Å²) >= 11 is 0. The van der Waals surface area contributed by atoms with Crippen molar-refractivity contribution in [3.05, 3.63) is 65.2 Å². The van der Waals surface area contributed by atoms with Gasteiger partial charge in [0, 0.05) is 26.2 Å². The van der Waals surface area contributed by atoms with E-state index in [-0.39, 0.29) is 5.91 Å². The molecule has 144 valence electrons.